The minimum atomic E-state index is -1.50. The molecular formula is C15H21N3O3. The van der Waals surface area contributed by atoms with Crippen molar-refractivity contribution in [3.63, 3.8) is 0 Å². The van der Waals surface area contributed by atoms with Crippen molar-refractivity contribution in [3.8, 4) is 0 Å². The summed E-state index contributed by atoms with van der Waals surface area (Å²) in [6.45, 7) is 3.74. The standard InChI is InChI=1S/C15H21N3O3/c1-10(2)12-13(19)18(11-8-6-5-7-9-11)17(3)15(12,16)14(20)21-4/h5-10,12H,16H2,1-4H3. The summed E-state index contributed by atoms with van der Waals surface area (Å²) in [6, 6.07) is 9.12. The second kappa shape index (κ2) is 5.46. The molecule has 6 heteroatoms. The molecule has 2 atom stereocenters. The van der Waals surface area contributed by atoms with Gasteiger partial charge in [0.1, 0.15) is 0 Å². The number of nitrogens with zero attached hydrogens (tertiary/aromatic N) is 2. The highest BCUT2D eigenvalue weighted by molar-refractivity contribution is 6.03. The first-order valence-electron chi connectivity index (χ1n) is 6.85. The molecule has 114 valence electrons. The first kappa shape index (κ1) is 15.5. The van der Waals surface area contributed by atoms with Gasteiger partial charge in [0.2, 0.25) is 5.91 Å². The Morgan fingerprint density at radius 2 is 1.90 bits per heavy atom. The third-order valence-electron chi connectivity index (χ3n) is 3.96. The SMILES string of the molecule is COC(=O)C1(N)C(C(C)C)C(=O)N(c2ccccc2)N1C. The monoisotopic (exact) mass is 291 g/mol. The molecule has 1 amide bonds. The topological polar surface area (TPSA) is 75.9 Å². The summed E-state index contributed by atoms with van der Waals surface area (Å²) in [6.07, 6.45) is 0. The van der Waals surface area contributed by atoms with E-state index in [1.165, 1.54) is 17.1 Å². The van der Waals surface area contributed by atoms with Crippen molar-refractivity contribution in [3.05, 3.63) is 30.3 Å². The summed E-state index contributed by atoms with van der Waals surface area (Å²) < 4.78 is 4.84. The molecule has 2 rings (SSSR count). The number of benzene rings is 1. The van der Waals surface area contributed by atoms with Crippen LogP contribution in [0.4, 0.5) is 5.69 Å². The number of esters is 1. The molecule has 1 saturated heterocycles. The molecule has 1 aromatic rings. The largest absolute Gasteiger partial charge is 0.467 e. The summed E-state index contributed by atoms with van der Waals surface area (Å²) in [5.74, 6) is -1.59. The maximum atomic E-state index is 12.8. The van der Waals surface area contributed by atoms with E-state index in [2.05, 4.69) is 0 Å². The van der Waals surface area contributed by atoms with Crippen LogP contribution in [0.15, 0.2) is 30.3 Å². The average Bonchev–Trinajstić information content (AvgIpc) is 2.67. The van der Waals surface area contributed by atoms with Crippen LogP contribution < -0.4 is 10.7 Å². The van der Waals surface area contributed by atoms with Crippen LogP contribution in [-0.2, 0) is 14.3 Å². The summed E-state index contributed by atoms with van der Waals surface area (Å²) >= 11 is 0. The van der Waals surface area contributed by atoms with E-state index in [0.717, 1.165) is 0 Å². The Morgan fingerprint density at radius 1 is 1.33 bits per heavy atom. The number of hydrogen-bond donors (Lipinski definition) is 1. The molecule has 1 aliphatic heterocycles. The van der Waals surface area contributed by atoms with Crippen LogP contribution in [0.3, 0.4) is 0 Å². The predicted octanol–water partition coefficient (Wildman–Crippen LogP) is 0.980. The van der Waals surface area contributed by atoms with Crippen LogP contribution in [0, 0.1) is 11.8 Å². The van der Waals surface area contributed by atoms with Gasteiger partial charge in [0, 0.05) is 7.05 Å². The van der Waals surface area contributed by atoms with E-state index in [9.17, 15) is 9.59 Å². The van der Waals surface area contributed by atoms with Crippen LogP contribution >= 0.6 is 0 Å². The third-order valence-corrected chi connectivity index (χ3v) is 3.96. The Hall–Kier alpha value is -1.92. The Morgan fingerprint density at radius 3 is 2.38 bits per heavy atom. The van der Waals surface area contributed by atoms with Gasteiger partial charge >= 0.3 is 5.97 Å². The van der Waals surface area contributed by atoms with Crippen molar-refractivity contribution in [1.29, 1.82) is 0 Å². The predicted molar refractivity (Wildman–Crippen MR) is 79.0 cm³/mol. The molecule has 0 aromatic heterocycles. The molecule has 0 radical (unpaired) electrons. The highest BCUT2D eigenvalue weighted by Gasteiger charge is 2.61. The normalized spacial score (nSPS) is 26.5. The molecule has 0 bridgehead atoms. The number of para-hydroxylation sites is 1. The Labute approximate surface area is 124 Å². The molecule has 21 heavy (non-hydrogen) atoms. The van der Waals surface area contributed by atoms with Crippen molar-refractivity contribution in [2.45, 2.75) is 19.5 Å². The molecule has 0 saturated carbocycles. The van der Waals surface area contributed by atoms with Gasteiger partial charge < -0.3 is 10.5 Å². The first-order chi connectivity index (χ1) is 9.85. The molecule has 0 aliphatic carbocycles. The summed E-state index contributed by atoms with van der Waals surface area (Å²) in [4.78, 5) is 25.0. The maximum absolute atomic E-state index is 12.8. The summed E-state index contributed by atoms with van der Waals surface area (Å²) in [7, 11) is 2.90. The minimum Gasteiger partial charge on any atom is -0.467 e. The molecule has 6 nitrogen and oxygen atoms in total. The van der Waals surface area contributed by atoms with Gasteiger partial charge in [-0.25, -0.2) is 9.80 Å². The Bertz CT molecular complexity index is 546. The van der Waals surface area contributed by atoms with Gasteiger partial charge in [-0.05, 0) is 18.1 Å². The van der Waals surface area contributed by atoms with Crippen molar-refractivity contribution < 1.29 is 14.3 Å². The van der Waals surface area contributed by atoms with Crippen LogP contribution in [-0.4, -0.2) is 36.7 Å². The van der Waals surface area contributed by atoms with Gasteiger partial charge in [-0.2, -0.15) is 5.01 Å². The van der Waals surface area contributed by atoms with E-state index in [1.54, 1.807) is 19.2 Å². The highest BCUT2D eigenvalue weighted by atomic mass is 16.5. The maximum Gasteiger partial charge on any atom is 0.343 e. The summed E-state index contributed by atoms with van der Waals surface area (Å²) in [5.41, 5.74) is 5.48. The lowest BCUT2D eigenvalue weighted by Crippen LogP contribution is -2.63. The Kier molecular flexibility index (Phi) is 4.02. The third kappa shape index (κ3) is 2.20. The molecule has 0 spiro atoms. The lowest BCUT2D eigenvalue weighted by atomic mass is 9.84. The van der Waals surface area contributed by atoms with Gasteiger partial charge in [0.25, 0.3) is 0 Å². The second-order valence-electron chi connectivity index (χ2n) is 5.55. The van der Waals surface area contributed by atoms with E-state index in [-0.39, 0.29) is 11.8 Å². The van der Waals surface area contributed by atoms with Crippen LogP contribution in [0.5, 0.6) is 0 Å². The molecule has 1 aliphatic rings. The summed E-state index contributed by atoms with van der Waals surface area (Å²) in [5, 5.41) is 2.92. The van der Waals surface area contributed by atoms with Crippen molar-refractivity contribution in [2.75, 3.05) is 19.2 Å². The fourth-order valence-electron chi connectivity index (χ4n) is 2.92. The number of nitrogens with two attached hydrogens (primary N) is 1. The zero-order chi connectivity index (χ0) is 15.8. The van der Waals surface area contributed by atoms with E-state index < -0.39 is 17.6 Å². The van der Waals surface area contributed by atoms with Crippen molar-refractivity contribution in [1.82, 2.24) is 5.01 Å². The number of amides is 1. The van der Waals surface area contributed by atoms with Gasteiger partial charge in [-0.15, -0.1) is 0 Å². The van der Waals surface area contributed by atoms with E-state index >= 15 is 0 Å². The second-order valence-corrected chi connectivity index (χ2v) is 5.55. The fourth-order valence-corrected chi connectivity index (χ4v) is 2.92. The molecule has 2 N–H and O–H groups in total. The number of carbonyl (C=O) groups is 2. The first-order valence-corrected chi connectivity index (χ1v) is 6.85. The lowest BCUT2D eigenvalue weighted by Gasteiger charge is -2.35. The zero-order valence-corrected chi connectivity index (χ0v) is 12.7. The number of anilines is 1. The van der Waals surface area contributed by atoms with E-state index in [0.29, 0.717) is 5.69 Å². The van der Waals surface area contributed by atoms with Crippen LogP contribution in [0.2, 0.25) is 0 Å². The number of hydrogen-bond acceptors (Lipinski definition) is 5. The number of carbonyl (C=O) groups excluding carboxylic acids is 2. The Balaban J connectivity index is 2.53. The average molecular weight is 291 g/mol. The van der Waals surface area contributed by atoms with Gasteiger partial charge in [0.15, 0.2) is 5.66 Å². The quantitative estimate of drug-likeness (QED) is 0.840. The van der Waals surface area contributed by atoms with Gasteiger partial charge in [-0.1, -0.05) is 32.0 Å². The number of likely N-dealkylation sites (N-methyl/N-ethyl adjacent to an activating group) is 1. The molecule has 2 unspecified atom stereocenters. The molecular weight excluding hydrogens is 270 g/mol. The highest BCUT2D eigenvalue weighted by Crippen LogP contribution is 2.38. The lowest BCUT2D eigenvalue weighted by molar-refractivity contribution is -0.156. The van der Waals surface area contributed by atoms with Crippen LogP contribution in [0.25, 0.3) is 0 Å². The number of rotatable bonds is 3. The molecule has 1 heterocycles. The fraction of sp³-hybridized carbons (Fsp3) is 0.467. The van der Waals surface area contributed by atoms with Crippen molar-refractivity contribution in [2.24, 2.45) is 17.6 Å². The van der Waals surface area contributed by atoms with Crippen molar-refractivity contribution >= 4 is 17.6 Å². The van der Waals surface area contributed by atoms with E-state index in [1.807, 2.05) is 32.0 Å². The number of ether oxygens (including phenoxy) is 1. The van der Waals surface area contributed by atoms with Gasteiger partial charge in [-0.3, -0.25) is 4.79 Å². The van der Waals surface area contributed by atoms with Crippen LogP contribution in [0.1, 0.15) is 13.8 Å². The number of hydrazine groups is 1. The van der Waals surface area contributed by atoms with E-state index in [4.69, 9.17) is 10.5 Å². The molecule has 1 fully saturated rings. The smallest absolute Gasteiger partial charge is 0.343 e. The van der Waals surface area contributed by atoms with Gasteiger partial charge in [0.05, 0.1) is 18.7 Å². The molecule has 1 aromatic carbocycles. The zero-order valence-electron chi connectivity index (χ0n) is 12.7. The minimum absolute atomic E-state index is 0.0993. The number of methoxy groups -OCH3 is 1.